The van der Waals surface area contributed by atoms with Gasteiger partial charge in [0.2, 0.25) is 0 Å². The van der Waals surface area contributed by atoms with Crippen LogP contribution in [0.1, 0.15) is 51.4 Å². The van der Waals surface area contributed by atoms with Gasteiger partial charge in [0.05, 0.1) is 19.8 Å². The van der Waals surface area contributed by atoms with Crippen LogP contribution in [0.25, 0.3) is 10.8 Å². The van der Waals surface area contributed by atoms with Gasteiger partial charge in [-0.2, -0.15) is 0 Å². The Balaban J connectivity index is 1.84. The Hall–Kier alpha value is -1.33. The highest BCUT2D eigenvalue weighted by Gasteiger charge is 2.25. The first-order chi connectivity index (χ1) is 13.0. The van der Waals surface area contributed by atoms with Crippen molar-refractivity contribution in [2.45, 2.75) is 74.5 Å². The van der Waals surface area contributed by atoms with Crippen LogP contribution >= 0.6 is 0 Å². The van der Waals surface area contributed by atoms with Gasteiger partial charge in [-0.05, 0) is 37.8 Å². The summed E-state index contributed by atoms with van der Waals surface area (Å²) in [6.07, 6.45) is 11.5. The van der Waals surface area contributed by atoms with Crippen molar-refractivity contribution in [2.24, 2.45) is 0 Å². The fraction of sp³-hybridized carbons (Fsp3) is 0.545. The highest BCUT2D eigenvalue weighted by atomic mass is 32.2. The number of sulfone groups is 1. The van der Waals surface area contributed by atoms with E-state index >= 15 is 0 Å². The molecule has 4 rings (SSSR count). The highest BCUT2D eigenvalue weighted by molar-refractivity contribution is 7.91. The predicted octanol–water partition coefficient (Wildman–Crippen LogP) is 4.57. The molecule has 146 valence electrons. The van der Waals surface area contributed by atoms with Crippen molar-refractivity contribution in [3.05, 3.63) is 30.3 Å². The first-order valence-electron chi connectivity index (χ1n) is 10.5. The fourth-order valence-electron chi connectivity index (χ4n) is 4.90. The van der Waals surface area contributed by atoms with Crippen LogP contribution in [0.5, 0.6) is 5.75 Å². The number of hydrogen-bond acceptors (Lipinski definition) is 3. The molecule has 2 aliphatic rings. The molecule has 2 aromatic rings. The van der Waals surface area contributed by atoms with Crippen molar-refractivity contribution in [1.29, 1.82) is 0 Å². The summed E-state index contributed by atoms with van der Waals surface area (Å²) in [5.74, 6) is 0.871. The van der Waals surface area contributed by atoms with E-state index in [4.69, 9.17) is 4.74 Å². The van der Waals surface area contributed by atoms with Crippen LogP contribution in [0.15, 0.2) is 35.2 Å². The molecule has 3 nitrogen and oxygen atoms in total. The average Bonchev–Trinajstić information content (AvgIpc) is 2.68. The zero-order chi connectivity index (χ0) is 18.9. The normalized spacial score (nSPS) is 20.0. The van der Waals surface area contributed by atoms with Gasteiger partial charge < -0.3 is 4.74 Å². The van der Waals surface area contributed by atoms with E-state index in [0.29, 0.717) is 4.90 Å². The second-order valence-corrected chi connectivity index (χ2v) is 13.5. The third-order valence-electron chi connectivity index (χ3n) is 6.28. The van der Waals surface area contributed by atoms with Gasteiger partial charge in [-0.25, -0.2) is 8.42 Å². The van der Waals surface area contributed by atoms with E-state index in [2.05, 4.69) is 18.2 Å². The molecule has 0 bridgehead atoms. The molecule has 1 aliphatic heterocycles. The molecule has 0 spiro atoms. The highest BCUT2D eigenvalue weighted by Crippen LogP contribution is 2.33. The third kappa shape index (κ3) is 4.09. The summed E-state index contributed by atoms with van der Waals surface area (Å²) < 4.78 is 31.5. The molecule has 0 amide bonds. The Morgan fingerprint density at radius 2 is 1.63 bits per heavy atom. The SMILES string of the molecule is CS(=O)(=O)c1cccc2c(OC3CCCCC3)ccc([SiH]3CCCCC3)c12. The van der Waals surface area contributed by atoms with Gasteiger partial charge in [0.1, 0.15) is 5.75 Å². The second kappa shape index (κ2) is 7.96. The van der Waals surface area contributed by atoms with E-state index in [1.54, 1.807) is 6.07 Å². The molecular weight excluding hydrogens is 372 g/mol. The maximum Gasteiger partial charge on any atom is 0.176 e. The van der Waals surface area contributed by atoms with Gasteiger partial charge in [0.15, 0.2) is 9.84 Å². The summed E-state index contributed by atoms with van der Waals surface area (Å²) in [5, 5.41) is 3.30. The van der Waals surface area contributed by atoms with Crippen LogP contribution in [0.3, 0.4) is 0 Å². The molecule has 0 atom stereocenters. The van der Waals surface area contributed by atoms with Crippen molar-refractivity contribution in [3.63, 3.8) is 0 Å². The Morgan fingerprint density at radius 1 is 0.926 bits per heavy atom. The summed E-state index contributed by atoms with van der Waals surface area (Å²) in [6.45, 7) is 0. The monoisotopic (exact) mass is 402 g/mol. The molecule has 0 aromatic heterocycles. The lowest BCUT2D eigenvalue weighted by Crippen LogP contribution is -2.33. The minimum atomic E-state index is -3.27. The number of fused-ring (bicyclic) bond motifs is 1. The van der Waals surface area contributed by atoms with Gasteiger partial charge in [-0.3, -0.25) is 0 Å². The van der Waals surface area contributed by atoms with Crippen molar-refractivity contribution in [2.75, 3.05) is 6.26 Å². The molecule has 1 saturated carbocycles. The summed E-state index contributed by atoms with van der Waals surface area (Å²) >= 11 is 0. The summed E-state index contributed by atoms with van der Waals surface area (Å²) in [4.78, 5) is 0.488. The Kier molecular flexibility index (Phi) is 5.60. The maximum absolute atomic E-state index is 12.6. The minimum Gasteiger partial charge on any atom is -0.490 e. The summed E-state index contributed by atoms with van der Waals surface area (Å²) in [6, 6.07) is 12.6. The molecular formula is C22H30O3SSi. The van der Waals surface area contributed by atoms with E-state index in [1.807, 2.05) is 6.07 Å². The zero-order valence-electron chi connectivity index (χ0n) is 16.2. The molecule has 2 fully saturated rings. The molecule has 27 heavy (non-hydrogen) atoms. The van der Waals surface area contributed by atoms with Gasteiger partial charge in [-0.1, -0.05) is 61.2 Å². The van der Waals surface area contributed by atoms with Crippen LogP contribution < -0.4 is 9.92 Å². The number of ether oxygens (including phenoxy) is 1. The number of rotatable bonds is 4. The standard InChI is InChI=1S/C22H30O3SSi/c1-26(23,24)20-12-8-11-18-19(25-17-9-4-2-5-10-17)13-14-21(22(18)20)27-15-6-3-7-16-27/h8,11-14,17,27H,2-7,9-10,15-16H2,1H3. The van der Waals surface area contributed by atoms with E-state index in [-0.39, 0.29) is 6.10 Å². The lowest BCUT2D eigenvalue weighted by molar-refractivity contribution is 0.157. The zero-order valence-corrected chi connectivity index (χ0v) is 18.2. The molecule has 1 heterocycles. The first-order valence-corrected chi connectivity index (χ1v) is 14.6. The lowest BCUT2D eigenvalue weighted by Gasteiger charge is -2.26. The van der Waals surface area contributed by atoms with Crippen LogP contribution in [0.4, 0.5) is 0 Å². The van der Waals surface area contributed by atoms with E-state index < -0.39 is 18.6 Å². The van der Waals surface area contributed by atoms with Gasteiger partial charge in [0.25, 0.3) is 0 Å². The van der Waals surface area contributed by atoms with E-state index in [0.717, 1.165) is 29.4 Å². The molecule has 1 saturated heterocycles. The Bertz CT molecular complexity index is 911. The van der Waals surface area contributed by atoms with E-state index in [9.17, 15) is 8.42 Å². The van der Waals surface area contributed by atoms with Crippen molar-refractivity contribution in [1.82, 2.24) is 0 Å². The Labute approximate surface area is 164 Å². The van der Waals surface area contributed by atoms with Gasteiger partial charge >= 0.3 is 0 Å². The molecule has 0 radical (unpaired) electrons. The Morgan fingerprint density at radius 3 is 2.33 bits per heavy atom. The summed E-state index contributed by atoms with van der Waals surface area (Å²) in [5.41, 5.74) is 0. The van der Waals surface area contributed by atoms with Crippen LogP contribution in [0.2, 0.25) is 12.1 Å². The third-order valence-corrected chi connectivity index (χ3v) is 11.0. The maximum atomic E-state index is 12.6. The largest absolute Gasteiger partial charge is 0.490 e. The average molecular weight is 403 g/mol. The fourth-order valence-corrected chi connectivity index (χ4v) is 9.49. The number of hydrogen-bond donors (Lipinski definition) is 0. The van der Waals surface area contributed by atoms with Crippen molar-refractivity contribution in [3.8, 4) is 5.75 Å². The summed E-state index contributed by atoms with van der Waals surface area (Å²) in [7, 11) is -4.39. The van der Waals surface area contributed by atoms with Crippen LogP contribution in [-0.4, -0.2) is 29.6 Å². The van der Waals surface area contributed by atoms with Crippen molar-refractivity contribution >= 4 is 34.6 Å². The lowest BCUT2D eigenvalue weighted by atomic mass is 9.97. The molecule has 0 N–H and O–H groups in total. The van der Waals surface area contributed by atoms with Gasteiger partial charge in [0, 0.05) is 17.0 Å². The van der Waals surface area contributed by atoms with E-state index in [1.165, 1.54) is 62.1 Å². The molecule has 2 aromatic carbocycles. The molecule has 5 heteroatoms. The van der Waals surface area contributed by atoms with Crippen LogP contribution in [0, 0.1) is 0 Å². The smallest absolute Gasteiger partial charge is 0.176 e. The second-order valence-electron chi connectivity index (χ2n) is 8.32. The van der Waals surface area contributed by atoms with Crippen LogP contribution in [-0.2, 0) is 9.84 Å². The number of benzene rings is 2. The molecule has 1 aliphatic carbocycles. The first kappa shape index (κ1) is 19.0. The minimum absolute atomic E-state index is 0.265. The predicted molar refractivity (Wildman–Crippen MR) is 115 cm³/mol. The molecule has 0 unspecified atom stereocenters. The topological polar surface area (TPSA) is 43.4 Å². The van der Waals surface area contributed by atoms with Crippen molar-refractivity contribution < 1.29 is 13.2 Å². The quantitative estimate of drug-likeness (QED) is 0.704. The van der Waals surface area contributed by atoms with Gasteiger partial charge in [-0.15, -0.1) is 0 Å².